The van der Waals surface area contributed by atoms with Crippen molar-refractivity contribution < 1.29 is 0 Å². The van der Waals surface area contributed by atoms with Crippen molar-refractivity contribution in [2.75, 3.05) is 25.0 Å². The van der Waals surface area contributed by atoms with E-state index in [1.807, 2.05) is 7.05 Å². The largest absolute Gasteiger partial charge is 0.344 e. The Kier molecular flexibility index (Phi) is 4.62. The average molecular weight is 210 g/mol. The molecule has 4 nitrogen and oxygen atoms in total. The lowest BCUT2D eigenvalue weighted by Crippen LogP contribution is -2.27. The van der Waals surface area contributed by atoms with Gasteiger partial charge in [0, 0.05) is 32.9 Å². The summed E-state index contributed by atoms with van der Waals surface area (Å²) in [7, 11) is 2.04. The number of nitrogens with two attached hydrogens (primary N) is 1. The molecule has 15 heavy (non-hydrogen) atoms. The van der Waals surface area contributed by atoms with Crippen molar-refractivity contribution in [2.45, 2.75) is 33.2 Å². The number of rotatable bonds is 6. The van der Waals surface area contributed by atoms with Crippen molar-refractivity contribution in [3.63, 3.8) is 0 Å². The van der Waals surface area contributed by atoms with Crippen LogP contribution in [-0.4, -0.2) is 29.7 Å². The summed E-state index contributed by atoms with van der Waals surface area (Å²) in [4.78, 5) is 6.72. The van der Waals surface area contributed by atoms with Crippen molar-refractivity contribution in [1.29, 1.82) is 0 Å². The topological polar surface area (TPSA) is 47.1 Å². The van der Waals surface area contributed by atoms with Gasteiger partial charge >= 0.3 is 0 Å². The number of hydrogen-bond acceptors (Lipinski definition) is 3. The van der Waals surface area contributed by atoms with Crippen LogP contribution in [0.25, 0.3) is 0 Å². The van der Waals surface area contributed by atoms with E-state index < -0.39 is 0 Å². The number of aryl methyl sites for hydroxylation is 2. The van der Waals surface area contributed by atoms with Crippen molar-refractivity contribution >= 4 is 5.95 Å². The van der Waals surface area contributed by atoms with E-state index in [4.69, 9.17) is 5.73 Å². The average Bonchev–Trinajstić information content (AvgIpc) is 2.62. The highest BCUT2D eigenvalue weighted by Crippen LogP contribution is 2.13. The van der Waals surface area contributed by atoms with E-state index in [0.717, 1.165) is 37.6 Å². The van der Waals surface area contributed by atoms with Gasteiger partial charge in [-0.1, -0.05) is 13.8 Å². The summed E-state index contributed by atoms with van der Waals surface area (Å²) in [5, 5.41) is 0. The molecule has 0 aliphatic carbocycles. The van der Waals surface area contributed by atoms with Crippen LogP contribution in [0.3, 0.4) is 0 Å². The first-order valence-corrected chi connectivity index (χ1v) is 5.70. The molecule has 0 bridgehead atoms. The second-order valence-corrected chi connectivity index (χ2v) is 3.79. The number of aromatic nitrogens is 2. The van der Waals surface area contributed by atoms with Crippen LogP contribution in [-0.2, 0) is 13.0 Å². The highest BCUT2D eigenvalue weighted by molar-refractivity contribution is 5.32. The van der Waals surface area contributed by atoms with Gasteiger partial charge < -0.3 is 15.2 Å². The van der Waals surface area contributed by atoms with Gasteiger partial charge in [0.15, 0.2) is 0 Å². The highest BCUT2D eigenvalue weighted by Gasteiger charge is 2.09. The summed E-state index contributed by atoms with van der Waals surface area (Å²) >= 11 is 0. The van der Waals surface area contributed by atoms with Crippen LogP contribution < -0.4 is 10.6 Å². The molecule has 0 unspecified atom stereocenters. The molecule has 0 fully saturated rings. The molecule has 0 aromatic carbocycles. The van der Waals surface area contributed by atoms with Gasteiger partial charge in [-0.2, -0.15) is 0 Å². The third-order valence-electron chi connectivity index (χ3n) is 2.44. The van der Waals surface area contributed by atoms with Crippen LogP contribution in [0.4, 0.5) is 5.95 Å². The molecule has 1 aromatic heterocycles. The van der Waals surface area contributed by atoms with Crippen molar-refractivity contribution in [3.05, 3.63) is 11.9 Å². The van der Waals surface area contributed by atoms with Gasteiger partial charge in [-0.15, -0.1) is 0 Å². The molecule has 0 radical (unpaired) electrons. The number of nitrogens with zero attached hydrogens (tertiary/aromatic N) is 3. The predicted octanol–water partition coefficient (Wildman–Crippen LogP) is 1.25. The fraction of sp³-hybridized carbons (Fsp3) is 0.727. The molecule has 0 amide bonds. The first-order chi connectivity index (χ1) is 7.22. The Morgan fingerprint density at radius 3 is 2.73 bits per heavy atom. The first-order valence-electron chi connectivity index (χ1n) is 5.70. The Labute approximate surface area is 92.1 Å². The molecule has 1 rings (SSSR count). The monoisotopic (exact) mass is 210 g/mol. The van der Waals surface area contributed by atoms with E-state index in [-0.39, 0.29) is 0 Å². The van der Waals surface area contributed by atoms with Crippen LogP contribution in [0, 0.1) is 0 Å². The second kappa shape index (κ2) is 5.75. The van der Waals surface area contributed by atoms with E-state index in [9.17, 15) is 0 Å². The Balaban J connectivity index is 2.87. The number of hydrogen-bond donors (Lipinski definition) is 1. The smallest absolute Gasteiger partial charge is 0.205 e. The van der Waals surface area contributed by atoms with Gasteiger partial charge in [0.05, 0.1) is 5.69 Å². The summed E-state index contributed by atoms with van der Waals surface area (Å²) in [6.45, 7) is 6.85. The minimum Gasteiger partial charge on any atom is -0.344 e. The van der Waals surface area contributed by atoms with Crippen LogP contribution in [0.5, 0.6) is 0 Å². The Hall–Kier alpha value is -1.03. The third-order valence-corrected chi connectivity index (χ3v) is 2.44. The quantitative estimate of drug-likeness (QED) is 0.768. The van der Waals surface area contributed by atoms with Crippen molar-refractivity contribution in [3.8, 4) is 0 Å². The van der Waals surface area contributed by atoms with Gasteiger partial charge in [0.1, 0.15) is 0 Å². The Bertz CT molecular complexity index is 293. The molecule has 1 aromatic rings. The lowest BCUT2D eigenvalue weighted by Gasteiger charge is -2.18. The van der Waals surface area contributed by atoms with Gasteiger partial charge in [-0.05, 0) is 12.8 Å². The molecule has 0 aliphatic rings. The second-order valence-electron chi connectivity index (χ2n) is 3.79. The number of likely N-dealkylation sites (N-methyl/N-ethyl adjacent to an activating group) is 1. The zero-order chi connectivity index (χ0) is 11.3. The number of anilines is 1. The van der Waals surface area contributed by atoms with E-state index in [2.05, 4.69) is 34.5 Å². The van der Waals surface area contributed by atoms with Crippen LogP contribution in [0.2, 0.25) is 0 Å². The maximum Gasteiger partial charge on any atom is 0.205 e. The standard InChI is InChI=1S/C11H22N4/c1-4-7-15-9-10(5-2)13-11(15)14(3)8-6-12/h9H,4-8,12H2,1-3H3. The van der Waals surface area contributed by atoms with Gasteiger partial charge in [-0.25, -0.2) is 4.98 Å². The van der Waals surface area contributed by atoms with E-state index >= 15 is 0 Å². The predicted molar refractivity (Wildman–Crippen MR) is 64.2 cm³/mol. The normalized spacial score (nSPS) is 10.7. The van der Waals surface area contributed by atoms with Crippen molar-refractivity contribution in [1.82, 2.24) is 9.55 Å². The molecule has 1 heterocycles. The minimum absolute atomic E-state index is 0.664. The molecule has 86 valence electrons. The van der Waals surface area contributed by atoms with Gasteiger partial charge in [-0.3, -0.25) is 0 Å². The minimum atomic E-state index is 0.664. The zero-order valence-corrected chi connectivity index (χ0v) is 10.0. The fourth-order valence-electron chi connectivity index (χ4n) is 1.63. The molecule has 0 atom stereocenters. The molecule has 0 saturated carbocycles. The highest BCUT2D eigenvalue weighted by atomic mass is 15.3. The van der Waals surface area contributed by atoms with Crippen LogP contribution in [0.1, 0.15) is 26.0 Å². The van der Waals surface area contributed by atoms with Gasteiger partial charge in [0.2, 0.25) is 5.95 Å². The zero-order valence-electron chi connectivity index (χ0n) is 10.0. The molecule has 4 heteroatoms. The van der Waals surface area contributed by atoms with E-state index in [0.29, 0.717) is 6.54 Å². The van der Waals surface area contributed by atoms with E-state index in [1.54, 1.807) is 0 Å². The molecular weight excluding hydrogens is 188 g/mol. The van der Waals surface area contributed by atoms with Crippen LogP contribution >= 0.6 is 0 Å². The van der Waals surface area contributed by atoms with Crippen LogP contribution in [0.15, 0.2) is 6.20 Å². The fourth-order valence-corrected chi connectivity index (χ4v) is 1.63. The maximum absolute atomic E-state index is 5.55. The molecule has 0 saturated heterocycles. The summed E-state index contributed by atoms with van der Waals surface area (Å²) in [5.74, 6) is 1.04. The maximum atomic E-state index is 5.55. The third kappa shape index (κ3) is 2.96. The molecular formula is C11H22N4. The number of imidazole rings is 1. The lowest BCUT2D eigenvalue weighted by molar-refractivity contribution is 0.662. The molecule has 0 aliphatic heterocycles. The summed E-state index contributed by atoms with van der Waals surface area (Å²) < 4.78 is 2.22. The van der Waals surface area contributed by atoms with Crippen molar-refractivity contribution in [2.24, 2.45) is 5.73 Å². The summed E-state index contributed by atoms with van der Waals surface area (Å²) in [6.07, 6.45) is 4.26. The van der Waals surface area contributed by atoms with E-state index in [1.165, 1.54) is 0 Å². The summed E-state index contributed by atoms with van der Waals surface area (Å²) in [5.41, 5.74) is 6.71. The lowest BCUT2D eigenvalue weighted by atomic mass is 10.4. The molecule has 2 N–H and O–H groups in total. The SMILES string of the molecule is CCCn1cc(CC)nc1N(C)CCN. The van der Waals surface area contributed by atoms with Gasteiger partial charge in [0.25, 0.3) is 0 Å². The summed E-state index contributed by atoms with van der Waals surface area (Å²) in [6, 6.07) is 0. The molecule has 0 spiro atoms. The Morgan fingerprint density at radius 1 is 1.47 bits per heavy atom. The first kappa shape index (κ1) is 12.0. The Morgan fingerprint density at radius 2 is 2.20 bits per heavy atom.